The zero-order valence-electron chi connectivity index (χ0n) is 13.3. The fraction of sp³-hybridized carbons (Fsp3) is 0.0476. The molecule has 3 nitrogen and oxygen atoms in total. The van der Waals surface area contributed by atoms with Crippen molar-refractivity contribution in [3.8, 4) is 17.0 Å². The van der Waals surface area contributed by atoms with Crippen molar-refractivity contribution in [2.24, 2.45) is 0 Å². The van der Waals surface area contributed by atoms with E-state index in [-0.39, 0.29) is 0 Å². The molecular formula is C21H17NO2. The van der Waals surface area contributed by atoms with Gasteiger partial charge in [0.15, 0.2) is 0 Å². The van der Waals surface area contributed by atoms with Gasteiger partial charge in [0.2, 0.25) is 0 Å². The van der Waals surface area contributed by atoms with Crippen LogP contribution >= 0.6 is 0 Å². The largest absolute Gasteiger partial charge is 0.423 e. The molecule has 3 rings (SSSR count). The Morgan fingerprint density at radius 2 is 1.75 bits per heavy atom. The first-order valence-electron chi connectivity index (χ1n) is 7.70. The van der Waals surface area contributed by atoms with Gasteiger partial charge >= 0.3 is 5.97 Å². The van der Waals surface area contributed by atoms with Gasteiger partial charge in [0.25, 0.3) is 0 Å². The molecule has 0 spiro atoms. The summed E-state index contributed by atoms with van der Waals surface area (Å²) in [5.74, 6) is 0.0954. The molecular weight excluding hydrogens is 298 g/mol. The van der Waals surface area contributed by atoms with Crippen molar-refractivity contribution in [2.45, 2.75) is 6.92 Å². The first-order valence-corrected chi connectivity index (χ1v) is 7.70. The SMILES string of the molecule is Cc1cccc(OC(=O)/C=C/c2ccccc2)c1-c1ccccn1. The summed E-state index contributed by atoms with van der Waals surface area (Å²) in [4.78, 5) is 16.5. The lowest BCUT2D eigenvalue weighted by atomic mass is 10.0. The maximum Gasteiger partial charge on any atom is 0.336 e. The molecule has 2 aromatic carbocycles. The Morgan fingerprint density at radius 1 is 0.958 bits per heavy atom. The summed E-state index contributed by atoms with van der Waals surface area (Å²) in [6, 6.07) is 20.9. The van der Waals surface area contributed by atoms with Crippen LogP contribution < -0.4 is 4.74 Å². The van der Waals surface area contributed by atoms with Crippen LogP contribution in [0.2, 0.25) is 0 Å². The molecule has 1 aromatic heterocycles. The highest BCUT2D eigenvalue weighted by atomic mass is 16.5. The minimum absolute atomic E-state index is 0.415. The molecule has 1 heterocycles. The van der Waals surface area contributed by atoms with E-state index in [0.29, 0.717) is 5.75 Å². The Labute approximate surface area is 141 Å². The maximum atomic E-state index is 12.2. The third-order valence-electron chi connectivity index (χ3n) is 3.58. The minimum Gasteiger partial charge on any atom is -0.423 e. The lowest BCUT2D eigenvalue weighted by Gasteiger charge is -2.11. The second-order valence-corrected chi connectivity index (χ2v) is 5.33. The predicted octanol–water partition coefficient (Wildman–Crippen LogP) is 4.68. The number of carbonyl (C=O) groups is 1. The van der Waals surface area contributed by atoms with Crippen LogP contribution in [0.15, 0.2) is 79.0 Å². The van der Waals surface area contributed by atoms with E-state index in [1.807, 2.05) is 67.6 Å². The number of aromatic nitrogens is 1. The molecule has 0 fully saturated rings. The summed E-state index contributed by atoms with van der Waals surface area (Å²) in [6.07, 6.45) is 4.89. The van der Waals surface area contributed by atoms with Gasteiger partial charge in [-0.05, 0) is 42.3 Å². The molecule has 0 radical (unpaired) electrons. The normalized spacial score (nSPS) is 10.7. The number of rotatable bonds is 4. The van der Waals surface area contributed by atoms with Gasteiger partial charge in [0, 0.05) is 17.8 Å². The van der Waals surface area contributed by atoms with E-state index >= 15 is 0 Å². The van der Waals surface area contributed by atoms with Crippen LogP contribution in [0.1, 0.15) is 11.1 Å². The molecule has 0 N–H and O–H groups in total. The van der Waals surface area contributed by atoms with Crippen molar-refractivity contribution in [1.29, 1.82) is 0 Å². The van der Waals surface area contributed by atoms with E-state index in [0.717, 1.165) is 22.4 Å². The predicted molar refractivity (Wildman–Crippen MR) is 95.5 cm³/mol. The summed E-state index contributed by atoms with van der Waals surface area (Å²) in [7, 11) is 0. The van der Waals surface area contributed by atoms with Crippen LogP contribution in [0, 0.1) is 6.92 Å². The van der Waals surface area contributed by atoms with Gasteiger partial charge in [0.05, 0.1) is 5.69 Å². The average Bonchev–Trinajstić information content (AvgIpc) is 2.62. The van der Waals surface area contributed by atoms with E-state index in [9.17, 15) is 4.79 Å². The molecule has 0 saturated heterocycles. The second-order valence-electron chi connectivity index (χ2n) is 5.33. The Hall–Kier alpha value is -3.20. The monoisotopic (exact) mass is 315 g/mol. The van der Waals surface area contributed by atoms with E-state index in [2.05, 4.69) is 4.98 Å². The van der Waals surface area contributed by atoms with Crippen LogP contribution in [-0.4, -0.2) is 11.0 Å². The van der Waals surface area contributed by atoms with Crippen LogP contribution in [0.3, 0.4) is 0 Å². The smallest absolute Gasteiger partial charge is 0.336 e. The first kappa shape index (κ1) is 15.7. The topological polar surface area (TPSA) is 39.2 Å². The molecule has 0 amide bonds. The number of nitrogens with zero attached hydrogens (tertiary/aromatic N) is 1. The number of carbonyl (C=O) groups excluding carboxylic acids is 1. The number of aryl methyl sites for hydroxylation is 1. The van der Waals surface area contributed by atoms with E-state index in [4.69, 9.17) is 4.74 Å². The molecule has 24 heavy (non-hydrogen) atoms. The standard InChI is InChI=1S/C21H17NO2/c1-16-8-7-12-19(21(16)18-11-5-6-15-22-18)24-20(23)14-13-17-9-3-2-4-10-17/h2-15H,1H3/b14-13+. The minimum atomic E-state index is -0.415. The van der Waals surface area contributed by atoms with Crippen LogP contribution in [-0.2, 0) is 4.79 Å². The molecule has 0 saturated carbocycles. The Kier molecular flexibility index (Phi) is 4.82. The molecule has 0 unspecified atom stereocenters. The summed E-state index contributed by atoms with van der Waals surface area (Å²) in [6.45, 7) is 1.97. The number of hydrogen-bond acceptors (Lipinski definition) is 3. The third-order valence-corrected chi connectivity index (χ3v) is 3.58. The van der Waals surface area contributed by atoms with Gasteiger partial charge in [-0.1, -0.05) is 48.5 Å². The van der Waals surface area contributed by atoms with Gasteiger partial charge in [-0.15, -0.1) is 0 Å². The van der Waals surface area contributed by atoms with Crippen molar-refractivity contribution in [1.82, 2.24) is 4.98 Å². The summed E-state index contributed by atoms with van der Waals surface area (Å²) in [5.41, 5.74) is 3.57. The lowest BCUT2D eigenvalue weighted by Crippen LogP contribution is -2.05. The van der Waals surface area contributed by atoms with Gasteiger partial charge in [0.1, 0.15) is 5.75 Å². The fourth-order valence-corrected chi connectivity index (χ4v) is 2.44. The zero-order valence-corrected chi connectivity index (χ0v) is 13.3. The molecule has 0 atom stereocenters. The highest BCUT2D eigenvalue weighted by Crippen LogP contribution is 2.31. The lowest BCUT2D eigenvalue weighted by molar-refractivity contribution is -0.128. The number of pyridine rings is 1. The Balaban J connectivity index is 1.84. The Morgan fingerprint density at radius 3 is 2.50 bits per heavy atom. The van der Waals surface area contributed by atoms with Crippen molar-refractivity contribution in [2.75, 3.05) is 0 Å². The molecule has 0 aliphatic carbocycles. The van der Waals surface area contributed by atoms with Gasteiger partial charge in [-0.2, -0.15) is 0 Å². The first-order chi connectivity index (χ1) is 11.7. The average molecular weight is 315 g/mol. The quantitative estimate of drug-likeness (QED) is 0.399. The van der Waals surface area contributed by atoms with Gasteiger partial charge in [-0.3, -0.25) is 4.98 Å². The second kappa shape index (κ2) is 7.38. The molecule has 3 heteroatoms. The summed E-state index contributed by atoms with van der Waals surface area (Å²) >= 11 is 0. The number of esters is 1. The van der Waals surface area contributed by atoms with Crippen LogP contribution in [0.5, 0.6) is 5.75 Å². The molecule has 0 aliphatic heterocycles. The van der Waals surface area contributed by atoms with Crippen molar-refractivity contribution >= 4 is 12.0 Å². The highest BCUT2D eigenvalue weighted by molar-refractivity contribution is 5.90. The maximum absolute atomic E-state index is 12.2. The van der Waals surface area contributed by atoms with Crippen molar-refractivity contribution < 1.29 is 9.53 Å². The molecule has 3 aromatic rings. The van der Waals surface area contributed by atoms with E-state index in [1.165, 1.54) is 6.08 Å². The zero-order chi connectivity index (χ0) is 16.8. The van der Waals surface area contributed by atoms with Crippen LogP contribution in [0.4, 0.5) is 0 Å². The fourth-order valence-electron chi connectivity index (χ4n) is 2.44. The highest BCUT2D eigenvalue weighted by Gasteiger charge is 2.12. The van der Waals surface area contributed by atoms with Crippen molar-refractivity contribution in [3.63, 3.8) is 0 Å². The summed E-state index contributed by atoms with van der Waals surface area (Å²) < 4.78 is 5.54. The molecule has 118 valence electrons. The van der Waals surface area contributed by atoms with Crippen LogP contribution in [0.25, 0.3) is 17.3 Å². The van der Waals surface area contributed by atoms with E-state index < -0.39 is 5.97 Å². The molecule has 0 bridgehead atoms. The number of hydrogen-bond donors (Lipinski definition) is 0. The van der Waals surface area contributed by atoms with E-state index in [1.54, 1.807) is 18.3 Å². The third kappa shape index (κ3) is 3.76. The molecule has 0 aliphatic rings. The summed E-state index contributed by atoms with van der Waals surface area (Å²) in [5, 5.41) is 0. The van der Waals surface area contributed by atoms with Gasteiger partial charge < -0.3 is 4.74 Å². The van der Waals surface area contributed by atoms with Crippen molar-refractivity contribution in [3.05, 3.63) is 90.1 Å². The number of ether oxygens (including phenoxy) is 1. The van der Waals surface area contributed by atoms with Gasteiger partial charge in [-0.25, -0.2) is 4.79 Å². The Bertz CT molecular complexity index is 856. The number of benzene rings is 2.